The minimum absolute atomic E-state index is 0.0185. The van der Waals surface area contributed by atoms with E-state index in [-0.39, 0.29) is 36.9 Å². The van der Waals surface area contributed by atoms with Gasteiger partial charge < -0.3 is 29.5 Å². The Morgan fingerprint density at radius 1 is 1.02 bits per heavy atom. The molecule has 3 N–H and O–H groups in total. The molecule has 3 aromatic carbocycles. The first kappa shape index (κ1) is 34.5. The highest BCUT2D eigenvalue weighted by Crippen LogP contribution is 2.49. The molecule has 2 amide bonds. The van der Waals surface area contributed by atoms with Crippen molar-refractivity contribution in [1.82, 2.24) is 5.32 Å². The summed E-state index contributed by atoms with van der Waals surface area (Å²) in [7, 11) is 0. The number of hydrogen-bond donors (Lipinski definition) is 3. The van der Waals surface area contributed by atoms with Gasteiger partial charge in [0.25, 0.3) is 0 Å². The molecule has 1 fully saturated rings. The molecule has 0 spiro atoms. The van der Waals surface area contributed by atoms with Crippen molar-refractivity contribution in [2.75, 3.05) is 12.1 Å². The van der Waals surface area contributed by atoms with E-state index in [0.717, 1.165) is 33.5 Å². The lowest BCUT2D eigenvalue weighted by molar-refractivity contribution is -0.142. The quantitative estimate of drug-likeness (QED) is 0.207. The van der Waals surface area contributed by atoms with Gasteiger partial charge in [0.15, 0.2) is 17.3 Å². The third kappa shape index (κ3) is 8.10. The zero-order valence-electron chi connectivity index (χ0n) is 28.9. The lowest BCUT2D eigenvalue weighted by Crippen LogP contribution is -2.43. The summed E-state index contributed by atoms with van der Waals surface area (Å²) in [5.74, 6) is 0.412. The van der Waals surface area contributed by atoms with Crippen LogP contribution in [0.4, 0.5) is 10.5 Å². The number of aliphatic carboxylic acids is 1. The number of nitrogens with zero attached hydrogens (tertiary/aromatic N) is 1. The van der Waals surface area contributed by atoms with Gasteiger partial charge in [0.1, 0.15) is 11.6 Å². The van der Waals surface area contributed by atoms with Crippen LogP contribution < -0.4 is 20.1 Å². The molecule has 0 saturated heterocycles. The molecule has 3 aliphatic rings. The standard InChI is InChI=1S/C39H43N3O8/c1-6-24-17-23(18-31(37(44)45)41-36(43)30-20-29(30)26-11-16-33-34(19-26)48-21-47-33)8-14-28(24)35-22(2)7-15-32(50-42-35)25-9-12-27(13-10-25)40-38(46)49-39(3,4)5/h8-17,19,22,29-31H,6-7,18,20-21H2,1-5H3,(H,40,46)(H,41,43)(H,44,45). The average molecular weight is 682 g/mol. The minimum Gasteiger partial charge on any atom is -0.480 e. The van der Waals surface area contributed by atoms with Gasteiger partial charge in [0, 0.05) is 35.1 Å². The number of ether oxygens (including phenoxy) is 3. The van der Waals surface area contributed by atoms with Crippen LogP contribution in [0.1, 0.15) is 81.2 Å². The number of nitrogens with one attached hydrogen (secondary N) is 2. The number of amides is 2. The van der Waals surface area contributed by atoms with E-state index in [1.165, 1.54) is 0 Å². The molecule has 4 atom stereocenters. The van der Waals surface area contributed by atoms with Gasteiger partial charge in [-0.15, -0.1) is 0 Å². The summed E-state index contributed by atoms with van der Waals surface area (Å²) in [6.07, 6.45) is 3.68. The van der Waals surface area contributed by atoms with E-state index in [0.29, 0.717) is 42.2 Å². The third-order valence-electron chi connectivity index (χ3n) is 9.01. The smallest absolute Gasteiger partial charge is 0.412 e. The Morgan fingerprint density at radius 3 is 2.50 bits per heavy atom. The number of fused-ring (bicyclic) bond motifs is 1. The number of anilines is 1. The second kappa shape index (κ2) is 14.3. The Morgan fingerprint density at radius 2 is 1.78 bits per heavy atom. The van der Waals surface area contributed by atoms with Crippen LogP contribution in [0.25, 0.3) is 5.76 Å². The third-order valence-corrected chi connectivity index (χ3v) is 9.01. The predicted octanol–water partition coefficient (Wildman–Crippen LogP) is 7.04. The Labute approximate surface area is 291 Å². The van der Waals surface area contributed by atoms with Crippen molar-refractivity contribution in [3.8, 4) is 11.5 Å². The lowest BCUT2D eigenvalue weighted by atomic mass is 9.89. The molecule has 0 aromatic heterocycles. The van der Waals surface area contributed by atoms with E-state index in [1.54, 1.807) is 12.1 Å². The van der Waals surface area contributed by atoms with E-state index >= 15 is 0 Å². The summed E-state index contributed by atoms with van der Waals surface area (Å²) < 4.78 is 16.2. The van der Waals surface area contributed by atoms with Gasteiger partial charge in [-0.1, -0.05) is 43.3 Å². The van der Waals surface area contributed by atoms with Crippen LogP contribution in [0.3, 0.4) is 0 Å². The molecule has 0 bridgehead atoms. The molecule has 1 saturated carbocycles. The van der Waals surface area contributed by atoms with Crippen LogP contribution in [0.5, 0.6) is 11.5 Å². The lowest BCUT2D eigenvalue weighted by Gasteiger charge is -2.19. The van der Waals surface area contributed by atoms with Gasteiger partial charge in [0.05, 0.1) is 5.71 Å². The second-order valence-corrected chi connectivity index (χ2v) is 14.0. The monoisotopic (exact) mass is 681 g/mol. The molecule has 11 nitrogen and oxygen atoms in total. The summed E-state index contributed by atoms with van der Waals surface area (Å²) in [5.41, 5.74) is 5.37. The van der Waals surface area contributed by atoms with Crippen molar-refractivity contribution in [3.05, 3.63) is 94.6 Å². The van der Waals surface area contributed by atoms with Crippen molar-refractivity contribution in [3.63, 3.8) is 0 Å². The molecule has 2 heterocycles. The fourth-order valence-electron chi connectivity index (χ4n) is 6.27. The number of benzene rings is 3. The predicted molar refractivity (Wildman–Crippen MR) is 188 cm³/mol. The van der Waals surface area contributed by atoms with Crippen molar-refractivity contribution in [2.45, 2.75) is 77.9 Å². The number of carbonyl (C=O) groups is 3. The highest BCUT2D eigenvalue weighted by Gasteiger charge is 2.45. The van der Waals surface area contributed by atoms with Gasteiger partial charge in [-0.3, -0.25) is 10.1 Å². The molecule has 6 rings (SSSR count). The number of carboxylic acid groups (broad SMARTS) is 1. The molecule has 4 unspecified atom stereocenters. The summed E-state index contributed by atoms with van der Waals surface area (Å²) in [6, 6.07) is 17.7. The molecule has 1 aliphatic carbocycles. The van der Waals surface area contributed by atoms with E-state index in [9.17, 15) is 19.5 Å². The maximum absolute atomic E-state index is 13.1. The van der Waals surface area contributed by atoms with Gasteiger partial charge in [-0.25, -0.2) is 9.59 Å². The number of hydrogen-bond acceptors (Lipinski definition) is 8. The molecule has 0 radical (unpaired) electrons. The normalized spacial score (nSPS) is 20.0. The SMILES string of the molecule is CCc1cc(CC(NC(=O)C2CC2c2ccc3c(c2)OCO3)C(=O)O)ccc1C1=NOC(c2ccc(NC(=O)OC(C)(C)C)cc2)=CCC1C. The second-order valence-electron chi connectivity index (χ2n) is 14.0. The fraction of sp³-hybridized carbons (Fsp3) is 0.385. The zero-order valence-corrected chi connectivity index (χ0v) is 28.9. The minimum atomic E-state index is -1.08. The summed E-state index contributed by atoms with van der Waals surface area (Å²) in [4.78, 5) is 43.5. The van der Waals surface area contributed by atoms with Crippen LogP contribution in [0.15, 0.2) is 71.9 Å². The molecule has 2 aliphatic heterocycles. The maximum atomic E-state index is 13.1. The van der Waals surface area contributed by atoms with E-state index in [1.807, 2.05) is 82.3 Å². The van der Waals surface area contributed by atoms with Crippen LogP contribution >= 0.6 is 0 Å². The average Bonchev–Trinajstić information content (AvgIpc) is 3.78. The number of rotatable bonds is 10. The van der Waals surface area contributed by atoms with Crippen molar-refractivity contribution in [2.24, 2.45) is 17.0 Å². The van der Waals surface area contributed by atoms with Gasteiger partial charge in [-0.05, 0) is 105 Å². The van der Waals surface area contributed by atoms with E-state index in [4.69, 9.17) is 19.0 Å². The summed E-state index contributed by atoms with van der Waals surface area (Å²) in [5, 5.41) is 20.1. The maximum Gasteiger partial charge on any atom is 0.412 e. The molecule has 11 heteroatoms. The highest BCUT2D eigenvalue weighted by atomic mass is 16.7. The Kier molecular flexibility index (Phi) is 9.86. The fourth-order valence-corrected chi connectivity index (χ4v) is 6.27. The first-order chi connectivity index (χ1) is 23.9. The van der Waals surface area contributed by atoms with Gasteiger partial charge in [-0.2, -0.15) is 0 Å². The van der Waals surface area contributed by atoms with Crippen LogP contribution in [-0.2, 0) is 32.0 Å². The first-order valence-corrected chi connectivity index (χ1v) is 17.0. The Bertz CT molecular complexity index is 1840. The number of carbonyl (C=O) groups excluding carboxylic acids is 2. The topological polar surface area (TPSA) is 145 Å². The Hall–Kier alpha value is -5.32. The van der Waals surface area contributed by atoms with Crippen molar-refractivity contribution < 1.29 is 38.5 Å². The van der Waals surface area contributed by atoms with Crippen LogP contribution in [-0.4, -0.2) is 47.2 Å². The molecule has 3 aromatic rings. The molecular weight excluding hydrogens is 638 g/mol. The summed E-state index contributed by atoms with van der Waals surface area (Å²) >= 11 is 0. The number of carboxylic acids is 1. The van der Waals surface area contributed by atoms with Crippen molar-refractivity contribution >= 4 is 35.1 Å². The molecule has 262 valence electrons. The van der Waals surface area contributed by atoms with Gasteiger partial charge in [0.2, 0.25) is 12.7 Å². The van der Waals surface area contributed by atoms with E-state index in [2.05, 4.69) is 22.7 Å². The van der Waals surface area contributed by atoms with Crippen LogP contribution in [0, 0.1) is 11.8 Å². The van der Waals surface area contributed by atoms with E-state index < -0.39 is 23.7 Å². The number of oxime groups is 1. The number of allylic oxidation sites excluding steroid dienone is 1. The number of aryl methyl sites for hydroxylation is 1. The first-order valence-electron chi connectivity index (χ1n) is 17.0. The van der Waals surface area contributed by atoms with Gasteiger partial charge >= 0.3 is 12.1 Å². The largest absolute Gasteiger partial charge is 0.480 e. The summed E-state index contributed by atoms with van der Waals surface area (Å²) in [6.45, 7) is 9.74. The van der Waals surface area contributed by atoms with Crippen molar-refractivity contribution in [1.29, 1.82) is 0 Å². The molecular formula is C39H43N3O8. The Balaban J connectivity index is 1.09. The highest BCUT2D eigenvalue weighted by molar-refractivity contribution is 6.03. The van der Waals surface area contributed by atoms with Crippen LogP contribution in [0.2, 0.25) is 0 Å². The molecule has 50 heavy (non-hydrogen) atoms. The zero-order chi connectivity index (χ0) is 35.6.